The fourth-order valence-electron chi connectivity index (χ4n) is 2.14. The molecule has 0 spiro atoms. The fraction of sp³-hybridized carbons (Fsp3) is 0.500. The van der Waals surface area contributed by atoms with E-state index in [1.54, 1.807) is 24.0 Å². The standard InChI is InChI=1S/C10H12ClN5O/c1-17-7-2-3-15(5-7)8-4-12-10(11)16-6-13-14-9(8)16/h4,6-7H,2-3,5H2,1H3. The lowest BCUT2D eigenvalue weighted by Crippen LogP contribution is -2.23. The highest BCUT2D eigenvalue weighted by atomic mass is 35.5. The Kier molecular flexibility index (Phi) is 2.60. The van der Waals surface area contributed by atoms with Crippen LogP contribution in [0.25, 0.3) is 5.65 Å². The zero-order valence-corrected chi connectivity index (χ0v) is 10.1. The average Bonchev–Trinajstić information content (AvgIpc) is 2.98. The molecule has 0 saturated carbocycles. The van der Waals surface area contributed by atoms with E-state index in [4.69, 9.17) is 16.3 Å². The predicted molar refractivity (Wildman–Crippen MR) is 63.4 cm³/mol. The maximum atomic E-state index is 5.96. The number of ether oxygens (including phenoxy) is 1. The van der Waals surface area contributed by atoms with E-state index < -0.39 is 0 Å². The van der Waals surface area contributed by atoms with Crippen LogP contribution in [0.1, 0.15) is 6.42 Å². The van der Waals surface area contributed by atoms with Crippen molar-refractivity contribution in [2.45, 2.75) is 12.5 Å². The van der Waals surface area contributed by atoms with Crippen LogP contribution in [-0.2, 0) is 4.74 Å². The Bertz CT molecular complexity index is 542. The molecule has 90 valence electrons. The highest BCUT2D eigenvalue weighted by Gasteiger charge is 2.25. The minimum absolute atomic E-state index is 0.272. The van der Waals surface area contributed by atoms with Gasteiger partial charge in [-0.2, -0.15) is 0 Å². The Morgan fingerprint density at radius 3 is 3.18 bits per heavy atom. The molecule has 3 rings (SSSR count). The molecule has 17 heavy (non-hydrogen) atoms. The predicted octanol–water partition coefficient (Wildman–Crippen LogP) is 1.00. The highest BCUT2D eigenvalue weighted by Crippen LogP contribution is 2.25. The number of aromatic nitrogens is 4. The Morgan fingerprint density at radius 1 is 1.53 bits per heavy atom. The van der Waals surface area contributed by atoms with Crippen molar-refractivity contribution in [3.8, 4) is 0 Å². The second-order valence-corrected chi connectivity index (χ2v) is 4.37. The molecule has 2 aromatic heterocycles. The van der Waals surface area contributed by atoms with Crippen LogP contribution in [0.4, 0.5) is 5.69 Å². The summed E-state index contributed by atoms with van der Waals surface area (Å²) in [4.78, 5) is 6.34. The molecule has 0 amide bonds. The van der Waals surface area contributed by atoms with Crippen molar-refractivity contribution < 1.29 is 4.74 Å². The molecular formula is C10H12ClN5O. The number of methoxy groups -OCH3 is 1. The Morgan fingerprint density at radius 2 is 2.41 bits per heavy atom. The normalized spacial score (nSPS) is 20.4. The number of anilines is 1. The lowest BCUT2D eigenvalue weighted by molar-refractivity contribution is 0.121. The SMILES string of the molecule is COC1CCN(c2cnc(Cl)n3cnnc23)C1. The molecule has 1 aliphatic rings. The van der Waals surface area contributed by atoms with E-state index in [-0.39, 0.29) is 6.10 Å². The maximum absolute atomic E-state index is 5.96. The lowest BCUT2D eigenvalue weighted by Gasteiger charge is -2.18. The van der Waals surface area contributed by atoms with Crippen molar-refractivity contribution in [1.82, 2.24) is 19.6 Å². The van der Waals surface area contributed by atoms with E-state index in [1.807, 2.05) is 0 Å². The van der Waals surface area contributed by atoms with E-state index in [9.17, 15) is 0 Å². The Balaban J connectivity index is 2.01. The molecule has 1 unspecified atom stereocenters. The van der Waals surface area contributed by atoms with Gasteiger partial charge in [-0.3, -0.25) is 4.40 Å². The molecule has 2 aromatic rings. The van der Waals surface area contributed by atoms with Gasteiger partial charge < -0.3 is 9.64 Å². The summed E-state index contributed by atoms with van der Waals surface area (Å²) in [6.07, 6.45) is 4.59. The van der Waals surface area contributed by atoms with E-state index in [2.05, 4.69) is 20.1 Å². The molecule has 1 atom stereocenters. The summed E-state index contributed by atoms with van der Waals surface area (Å²) in [6, 6.07) is 0. The third-order valence-electron chi connectivity index (χ3n) is 3.09. The van der Waals surface area contributed by atoms with Gasteiger partial charge in [-0.15, -0.1) is 10.2 Å². The third-order valence-corrected chi connectivity index (χ3v) is 3.37. The molecule has 6 nitrogen and oxygen atoms in total. The third kappa shape index (κ3) is 1.73. The molecule has 1 fully saturated rings. The van der Waals surface area contributed by atoms with Gasteiger partial charge in [-0.05, 0) is 18.0 Å². The number of halogens is 1. The first-order valence-corrected chi connectivity index (χ1v) is 5.79. The van der Waals surface area contributed by atoms with Crippen molar-refractivity contribution in [3.05, 3.63) is 17.8 Å². The second kappa shape index (κ2) is 4.12. The minimum atomic E-state index is 0.272. The van der Waals surface area contributed by atoms with Crippen LogP contribution in [0.3, 0.4) is 0 Å². The summed E-state index contributed by atoms with van der Waals surface area (Å²) in [5.74, 6) is 0. The van der Waals surface area contributed by atoms with Gasteiger partial charge in [0.15, 0.2) is 5.65 Å². The van der Waals surface area contributed by atoms with Crippen LogP contribution in [-0.4, -0.2) is 45.9 Å². The fourth-order valence-corrected chi connectivity index (χ4v) is 2.31. The molecule has 3 heterocycles. The first-order chi connectivity index (χ1) is 8.29. The summed E-state index contributed by atoms with van der Waals surface area (Å²) in [7, 11) is 1.74. The molecule has 0 bridgehead atoms. The van der Waals surface area contributed by atoms with Crippen LogP contribution in [0, 0.1) is 0 Å². The highest BCUT2D eigenvalue weighted by molar-refractivity contribution is 6.28. The van der Waals surface area contributed by atoms with Crippen molar-refractivity contribution in [2.24, 2.45) is 0 Å². The topological polar surface area (TPSA) is 55.5 Å². The Labute approximate surface area is 103 Å². The summed E-state index contributed by atoms with van der Waals surface area (Å²) in [6.45, 7) is 1.78. The monoisotopic (exact) mass is 253 g/mol. The molecular weight excluding hydrogens is 242 g/mol. The van der Waals surface area contributed by atoms with Crippen LogP contribution >= 0.6 is 11.6 Å². The molecule has 1 saturated heterocycles. The van der Waals surface area contributed by atoms with Crippen LogP contribution in [0.5, 0.6) is 0 Å². The number of fused-ring (bicyclic) bond motifs is 1. The molecule has 0 aliphatic carbocycles. The van der Waals surface area contributed by atoms with Gasteiger partial charge in [-0.1, -0.05) is 0 Å². The molecule has 7 heteroatoms. The Hall–Kier alpha value is -1.40. The lowest BCUT2D eigenvalue weighted by atomic mass is 10.3. The summed E-state index contributed by atoms with van der Waals surface area (Å²) in [5, 5.41) is 8.32. The molecule has 0 aromatic carbocycles. The zero-order valence-electron chi connectivity index (χ0n) is 9.38. The first-order valence-electron chi connectivity index (χ1n) is 5.41. The van der Waals surface area contributed by atoms with Crippen LogP contribution in [0.2, 0.25) is 5.28 Å². The van der Waals surface area contributed by atoms with Gasteiger partial charge in [-0.25, -0.2) is 4.98 Å². The van der Waals surface area contributed by atoms with E-state index in [0.717, 1.165) is 30.8 Å². The van der Waals surface area contributed by atoms with Crippen LogP contribution < -0.4 is 4.90 Å². The van der Waals surface area contributed by atoms with Gasteiger partial charge in [0.1, 0.15) is 12.0 Å². The quantitative estimate of drug-likeness (QED) is 0.748. The van der Waals surface area contributed by atoms with Crippen LogP contribution in [0.15, 0.2) is 12.5 Å². The van der Waals surface area contributed by atoms with Gasteiger partial charge in [0.25, 0.3) is 0 Å². The molecule has 0 radical (unpaired) electrons. The van der Waals surface area contributed by atoms with E-state index >= 15 is 0 Å². The smallest absolute Gasteiger partial charge is 0.209 e. The molecule has 1 aliphatic heterocycles. The van der Waals surface area contributed by atoms with Gasteiger partial charge >= 0.3 is 0 Å². The average molecular weight is 254 g/mol. The van der Waals surface area contributed by atoms with Crippen molar-refractivity contribution in [1.29, 1.82) is 0 Å². The second-order valence-electron chi connectivity index (χ2n) is 4.03. The number of rotatable bonds is 2. The van der Waals surface area contributed by atoms with Crippen molar-refractivity contribution in [3.63, 3.8) is 0 Å². The van der Waals surface area contributed by atoms with Gasteiger partial charge in [0, 0.05) is 20.2 Å². The largest absolute Gasteiger partial charge is 0.380 e. The maximum Gasteiger partial charge on any atom is 0.209 e. The summed E-state index contributed by atoms with van der Waals surface area (Å²) >= 11 is 5.96. The van der Waals surface area contributed by atoms with E-state index in [0.29, 0.717) is 5.28 Å². The summed E-state index contributed by atoms with van der Waals surface area (Å²) in [5.41, 5.74) is 1.69. The molecule has 0 N–H and O–H groups in total. The van der Waals surface area contributed by atoms with Crippen molar-refractivity contribution in [2.75, 3.05) is 25.1 Å². The van der Waals surface area contributed by atoms with Gasteiger partial charge in [0.05, 0.1) is 12.3 Å². The summed E-state index contributed by atoms with van der Waals surface area (Å²) < 4.78 is 7.03. The number of hydrogen-bond acceptors (Lipinski definition) is 5. The van der Waals surface area contributed by atoms with E-state index in [1.165, 1.54) is 0 Å². The number of hydrogen-bond donors (Lipinski definition) is 0. The first kappa shape index (κ1) is 10.7. The number of nitrogens with zero attached hydrogens (tertiary/aromatic N) is 5. The minimum Gasteiger partial charge on any atom is -0.380 e. The van der Waals surface area contributed by atoms with Crippen molar-refractivity contribution >= 4 is 22.9 Å². The zero-order chi connectivity index (χ0) is 11.8. The van der Waals surface area contributed by atoms with Gasteiger partial charge in [0.2, 0.25) is 5.28 Å².